The summed E-state index contributed by atoms with van der Waals surface area (Å²) in [4.78, 5) is 23.6. The van der Waals surface area contributed by atoms with E-state index in [0.29, 0.717) is 13.0 Å². The van der Waals surface area contributed by atoms with Gasteiger partial charge in [0.15, 0.2) is 5.41 Å². The van der Waals surface area contributed by atoms with Gasteiger partial charge in [-0.05, 0) is 25.8 Å². The van der Waals surface area contributed by atoms with Crippen LogP contribution >= 0.6 is 0 Å². The summed E-state index contributed by atoms with van der Waals surface area (Å²) in [6.45, 7) is 4.77. The Labute approximate surface area is 142 Å². The fraction of sp³-hybridized carbons (Fsp3) is 0.500. The van der Waals surface area contributed by atoms with Crippen LogP contribution in [0.4, 0.5) is 0 Å². The summed E-state index contributed by atoms with van der Waals surface area (Å²) >= 11 is 0. The lowest BCUT2D eigenvalue weighted by Gasteiger charge is -2.25. The molecule has 24 heavy (non-hydrogen) atoms. The second kappa shape index (κ2) is 9.68. The number of rotatable bonds is 9. The molecule has 0 saturated carbocycles. The molecule has 0 bridgehead atoms. The van der Waals surface area contributed by atoms with E-state index in [4.69, 9.17) is 9.47 Å². The lowest BCUT2D eigenvalue weighted by Crippen LogP contribution is -2.47. The molecule has 0 saturated heterocycles. The molecule has 6 heteroatoms. The Bertz CT molecular complexity index is 580. The molecular formula is C18H24N2O4. The number of nitrogens with one attached hydrogen (secondary N) is 1. The molecule has 6 nitrogen and oxygen atoms in total. The Kier molecular flexibility index (Phi) is 7.93. The highest BCUT2D eigenvalue weighted by Gasteiger charge is 2.41. The van der Waals surface area contributed by atoms with Crippen LogP contribution in [0.5, 0.6) is 0 Å². The van der Waals surface area contributed by atoms with E-state index in [1.807, 2.05) is 36.4 Å². The molecule has 1 rings (SSSR count). The quantitative estimate of drug-likeness (QED) is 0.697. The summed E-state index contributed by atoms with van der Waals surface area (Å²) in [6.07, 6.45) is 0.499. The van der Waals surface area contributed by atoms with Crippen LogP contribution in [-0.2, 0) is 25.5 Å². The van der Waals surface area contributed by atoms with Gasteiger partial charge in [-0.15, -0.1) is 0 Å². The average Bonchev–Trinajstić information content (AvgIpc) is 2.56. The zero-order valence-electron chi connectivity index (χ0n) is 14.4. The van der Waals surface area contributed by atoms with E-state index < -0.39 is 17.3 Å². The minimum Gasteiger partial charge on any atom is -0.464 e. The minimum atomic E-state index is -1.55. The molecule has 0 spiro atoms. The van der Waals surface area contributed by atoms with Gasteiger partial charge >= 0.3 is 5.97 Å². The van der Waals surface area contributed by atoms with E-state index in [9.17, 15) is 14.9 Å². The van der Waals surface area contributed by atoms with Gasteiger partial charge in [0.25, 0.3) is 0 Å². The molecule has 0 fully saturated rings. The van der Waals surface area contributed by atoms with Crippen molar-refractivity contribution in [2.75, 3.05) is 19.8 Å². The minimum absolute atomic E-state index is 0.133. The first kappa shape index (κ1) is 19.7. The van der Waals surface area contributed by atoms with Gasteiger partial charge < -0.3 is 14.8 Å². The standard InChI is InChI=1S/C18H24N2O4/c1-14(2)23-12-18(11-19,13-24-15(3)21)17(22)20-10-9-16-7-5-4-6-8-16/h4-8,14H,9-10,12-13H2,1-3H3,(H,20,22). The molecule has 1 unspecified atom stereocenters. The van der Waals surface area contributed by atoms with Crippen molar-refractivity contribution >= 4 is 11.9 Å². The third-order valence-electron chi connectivity index (χ3n) is 3.38. The second-order valence-electron chi connectivity index (χ2n) is 5.83. The van der Waals surface area contributed by atoms with Crippen LogP contribution in [0.25, 0.3) is 0 Å². The summed E-state index contributed by atoms with van der Waals surface area (Å²) in [5.41, 5.74) is -0.467. The van der Waals surface area contributed by atoms with Gasteiger partial charge in [0, 0.05) is 13.5 Å². The molecule has 1 amide bonds. The first-order valence-corrected chi connectivity index (χ1v) is 7.88. The molecule has 130 valence electrons. The summed E-state index contributed by atoms with van der Waals surface area (Å²) < 4.78 is 10.4. The normalized spacial score (nSPS) is 13.0. The molecule has 0 heterocycles. The molecule has 0 aliphatic heterocycles. The van der Waals surface area contributed by atoms with Crippen LogP contribution in [-0.4, -0.2) is 37.7 Å². The number of carbonyl (C=O) groups is 2. The van der Waals surface area contributed by atoms with Gasteiger partial charge in [-0.2, -0.15) is 5.26 Å². The zero-order valence-corrected chi connectivity index (χ0v) is 14.4. The highest BCUT2D eigenvalue weighted by atomic mass is 16.5. The number of hydrogen-bond donors (Lipinski definition) is 1. The first-order chi connectivity index (χ1) is 11.4. The van der Waals surface area contributed by atoms with E-state index in [0.717, 1.165) is 5.56 Å². The molecule has 1 atom stereocenters. The number of nitriles is 1. The van der Waals surface area contributed by atoms with Gasteiger partial charge in [-0.1, -0.05) is 30.3 Å². The Hall–Kier alpha value is -2.39. The van der Waals surface area contributed by atoms with Crippen LogP contribution in [0.2, 0.25) is 0 Å². The maximum absolute atomic E-state index is 12.5. The lowest BCUT2D eigenvalue weighted by atomic mass is 9.90. The fourth-order valence-electron chi connectivity index (χ4n) is 1.96. The van der Waals surface area contributed by atoms with E-state index in [-0.39, 0.29) is 19.3 Å². The number of carbonyl (C=O) groups excluding carboxylic acids is 2. The van der Waals surface area contributed by atoms with E-state index in [1.54, 1.807) is 13.8 Å². The Morgan fingerprint density at radius 2 is 1.92 bits per heavy atom. The van der Waals surface area contributed by atoms with Gasteiger partial charge in [-0.25, -0.2) is 0 Å². The molecule has 1 N–H and O–H groups in total. The van der Waals surface area contributed by atoms with Crippen molar-refractivity contribution in [1.82, 2.24) is 5.32 Å². The van der Waals surface area contributed by atoms with Crippen molar-refractivity contribution < 1.29 is 19.1 Å². The van der Waals surface area contributed by atoms with Gasteiger partial charge in [0.2, 0.25) is 5.91 Å². The summed E-state index contributed by atoms with van der Waals surface area (Å²) in [6, 6.07) is 11.7. The maximum Gasteiger partial charge on any atom is 0.302 e. The molecule has 0 aromatic heterocycles. The second-order valence-corrected chi connectivity index (χ2v) is 5.83. The van der Waals surface area contributed by atoms with Crippen molar-refractivity contribution in [3.63, 3.8) is 0 Å². The fourth-order valence-corrected chi connectivity index (χ4v) is 1.96. The molecular weight excluding hydrogens is 308 g/mol. The van der Waals surface area contributed by atoms with Gasteiger partial charge in [0.1, 0.15) is 6.61 Å². The highest BCUT2D eigenvalue weighted by molar-refractivity contribution is 5.86. The third kappa shape index (κ3) is 6.39. The number of ether oxygens (including phenoxy) is 2. The predicted octanol–water partition coefficient (Wildman–Crippen LogP) is 1.84. The SMILES string of the molecule is CC(=O)OCC(C#N)(COC(C)C)C(=O)NCCc1ccccc1. The smallest absolute Gasteiger partial charge is 0.302 e. The monoisotopic (exact) mass is 332 g/mol. The molecule has 0 radical (unpaired) electrons. The lowest BCUT2D eigenvalue weighted by molar-refractivity contribution is -0.149. The van der Waals surface area contributed by atoms with Crippen LogP contribution in [0.3, 0.4) is 0 Å². The number of benzene rings is 1. The number of esters is 1. The average molecular weight is 332 g/mol. The number of amides is 1. The molecule has 0 aliphatic carbocycles. The summed E-state index contributed by atoms with van der Waals surface area (Å²) in [7, 11) is 0. The van der Waals surface area contributed by atoms with E-state index in [2.05, 4.69) is 5.32 Å². The van der Waals surface area contributed by atoms with Crippen LogP contribution in [0, 0.1) is 16.7 Å². The van der Waals surface area contributed by atoms with Crippen molar-refractivity contribution in [2.24, 2.45) is 5.41 Å². The molecule has 1 aromatic carbocycles. The maximum atomic E-state index is 12.5. The third-order valence-corrected chi connectivity index (χ3v) is 3.38. The molecule has 0 aliphatic rings. The number of nitrogens with zero attached hydrogens (tertiary/aromatic N) is 1. The molecule has 1 aromatic rings. The Morgan fingerprint density at radius 3 is 2.46 bits per heavy atom. The summed E-state index contributed by atoms with van der Waals surface area (Å²) in [5.74, 6) is -1.04. The van der Waals surface area contributed by atoms with E-state index >= 15 is 0 Å². The topological polar surface area (TPSA) is 88.4 Å². The number of hydrogen-bond acceptors (Lipinski definition) is 5. The zero-order chi connectivity index (χ0) is 18.0. The largest absolute Gasteiger partial charge is 0.464 e. The predicted molar refractivity (Wildman–Crippen MR) is 88.9 cm³/mol. The van der Waals surface area contributed by atoms with Gasteiger partial charge in [-0.3, -0.25) is 9.59 Å². The van der Waals surface area contributed by atoms with Crippen molar-refractivity contribution in [1.29, 1.82) is 5.26 Å². The van der Waals surface area contributed by atoms with Crippen LogP contribution < -0.4 is 5.32 Å². The Balaban J connectivity index is 2.70. The summed E-state index contributed by atoms with van der Waals surface area (Å²) in [5, 5.41) is 12.2. The Morgan fingerprint density at radius 1 is 1.25 bits per heavy atom. The van der Waals surface area contributed by atoms with Crippen LogP contribution in [0.15, 0.2) is 30.3 Å². The van der Waals surface area contributed by atoms with E-state index in [1.165, 1.54) is 6.92 Å². The van der Waals surface area contributed by atoms with Crippen molar-refractivity contribution in [3.8, 4) is 6.07 Å². The van der Waals surface area contributed by atoms with Crippen molar-refractivity contribution in [2.45, 2.75) is 33.3 Å². The highest BCUT2D eigenvalue weighted by Crippen LogP contribution is 2.19. The first-order valence-electron chi connectivity index (χ1n) is 7.88. The van der Waals surface area contributed by atoms with Crippen molar-refractivity contribution in [3.05, 3.63) is 35.9 Å². The van der Waals surface area contributed by atoms with Gasteiger partial charge in [0.05, 0.1) is 18.8 Å². The van der Waals surface area contributed by atoms with Crippen LogP contribution in [0.1, 0.15) is 26.3 Å².